The zero-order chi connectivity index (χ0) is 20.9. The molecule has 2 aromatic carbocycles. The van der Waals surface area contributed by atoms with Crippen LogP contribution in [-0.2, 0) is 14.6 Å². The van der Waals surface area contributed by atoms with Gasteiger partial charge in [0.1, 0.15) is 11.6 Å². The van der Waals surface area contributed by atoms with Gasteiger partial charge in [0, 0.05) is 5.56 Å². The van der Waals surface area contributed by atoms with E-state index in [-0.39, 0.29) is 10.5 Å². The Bertz CT molecular complexity index is 941. The minimum atomic E-state index is -3.43. The predicted molar refractivity (Wildman–Crippen MR) is 101 cm³/mol. The molecule has 1 unspecified atom stereocenters. The van der Waals surface area contributed by atoms with Crippen molar-refractivity contribution in [3.05, 3.63) is 59.9 Å². The molecular weight excluding hydrogens is 387 g/mol. The van der Waals surface area contributed by atoms with Gasteiger partial charge < -0.3 is 4.74 Å². The Labute approximate surface area is 162 Å². The molecule has 0 fully saturated rings. The Balaban J connectivity index is 1.92. The monoisotopic (exact) mass is 408 g/mol. The van der Waals surface area contributed by atoms with Gasteiger partial charge in [0.15, 0.2) is 15.9 Å². The van der Waals surface area contributed by atoms with Crippen LogP contribution in [0, 0.1) is 5.82 Å². The van der Waals surface area contributed by atoms with Gasteiger partial charge in [-0.3, -0.25) is 20.4 Å². The van der Waals surface area contributed by atoms with Crippen molar-refractivity contribution in [1.29, 1.82) is 0 Å². The smallest absolute Gasteiger partial charge is 0.279 e. The highest BCUT2D eigenvalue weighted by molar-refractivity contribution is 7.92. The summed E-state index contributed by atoms with van der Waals surface area (Å²) in [5.74, 6) is -1.35. The summed E-state index contributed by atoms with van der Waals surface area (Å²) in [4.78, 5) is 24.2. The van der Waals surface area contributed by atoms with E-state index in [0.29, 0.717) is 5.75 Å². The summed E-state index contributed by atoms with van der Waals surface area (Å²) in [5.41, 5.74) is 4.62. The first kappa shape index (κ1) is 21.4. The summed E-state index contributed by atoms with van der Waals surface area (Å²) < 4.78 is 42.4. The molecule has 0 spiro atoms. The van der Waals surface area contributed by atoms with E-state index in [1.54, 1.807) is 13.8 Å². The summed E-state index contributed by atoms with van der Waals surface area (Å²) in [6.45, 7) is 4.61. The van der Waals surface area contributed by atoms with E-state index >= 15 is 0 Å². The number of nitrogens with one attached hydrogen (secondary N) is 2. The molecule has 2 rings (SSSR count). The second kappa shape index (κ2) is 8.83. The Kier molecular flexibility index (Phi) is 6.74. The topological polar surface area (TPSA) is 102 Å². The Morgan fingerprint density at radius 2 is 1.50 bits per heavy atom. The summed E-state index contributed by atoms with van der Waals surface area (Å²) >= 11 is 0. The molecule has 0 heterocycles. The number of halogens is 1. The molecule has 2 amide bonds. The van der Waals surface area contributed by atoms with Gasteiger partial charge in [0.05, 0.1) is 10.1 Å². The third kappa shape index (κ3) is 5.29. The van der Waals surface area contributed by atoms with Crippen molar-refractivity contribution in [3.63, 3.8) is 0 Å². The summed E-state index contributed by atoms with van der Waals surface area (Å²) in [6.07, 6.45) is -0.940. The number of rotatable bonds is 6. The van der Waals surface area contributed by atoms with E-state index in [2.05, 4.69) is 10.9 Å². The van der Waals surface area contributed by atoms with Crippen LogP contribution in [0.15, 0.2) is 53.4 Å². The first-order valence-corrected chi connectivity index (χ1v) is 10.0. The fourth-order valence-corrected chi connectivity index (χ4v) is 3.19. The number of amides is 2. The van der Waals surface area contributed by atoms with E-state index in [0.717, 1.165) is 0 Å². The zero-order valence-corrected chi connectivity index (χ0v) is 16.4. The van der Waals surface area contributed by atoms with E-state index in [9.17, 15) is 22.4 Å². The molecule has 0 aromatic heterocycles. The first-order valence-electron chi connectivity index (χ1n) is 8.47. The van der Waals surface area contributed by atoms with Crippen LogP contribution in [0.5, 0.6) is 5.75 Å². The third-order valence-corrected chi connectivity index (χ3v) is 6.03. The van der Waals surface area contributed by atoms with Gasteiger partial charge in [-0.1, -0.05) is 0 Å². The fraction of sp³-hybridized carbons (Fsp3) is 0.263. The molecule has 7 nitrogen and oxygen atoms in total. The second-order valence-corrected chi connectivity index (χ2v) is 8.78. The molecule has 0 saturated carbocycles. The minimum Gasteiger partial charge on any atom is -0.481 e. The fourth-order valence-electron chi connectivity index (χ4n) is 2.13. The number of hydrazine groups is 1. The molecule has 2 N–H and O–H groups in total. The van der Waals surface area contributed by atoms with Crippen LogP contribution < -0.4 is 15.6 Å². The molecule has 0 saturated heterocycles. The van der Waals surface area contributed by atoms with E-state index in [1.807, 2.05) is 0 Å². The molecular formula is C19H21FN2O5S. The van der Waals surface area contributed by atoms with Gasteiger partial charge in [0.25, 0.3) is 11.8 Å². The van der Waals surface area contributed by atoms with Gasteiger partial charge in [0.2, 0.25) is 0 Å². The van der Waals surface area contributed by atoms with Crippen molar-refractivity contribution >= 4 is 21.7 Å². The highest BCUT2D eigenvalue weighted by atomic mass is 32.2. The van der Waals surface area contributed by atoms with Crippen LogP contribution in [0.4, 0.5) is 4.39 Å². The molecule has 1 atom stereocenters. The van der Waals surface area contributed by atoms with Crippen LogP contribution in [0.1, 0.15) is 31.1 Å². The lowest BCUT2D eigenvalue weighted by molar-refractivity contribution is -0.128. The van der Waals surface area contributed by atoms with Crippen LogP contribution in [0.3, 0.4) is 0 Å². The Morgan fingerprint density at radius 3 is 2.04 bits per heavy atom. The maximum atomic E-state index is 12.9. The lowest BCUT2D eigenvalue weighted by Gasteiger charge is -2.15. The number of carbonyl (C=O) groups is 2. The molecule has 0 radical (unpaired) electrons. The first-order chi connectivity index (χ1) is 13.1. The average molecular weight is 408 g/mol. The maximum Gasteiger partial charge on any atom is 0.279 e. The number of sulfone groups is 1. The van der Waals surface area contributed by atoms with Crippen LogP contribution >= 0.6 is 0 Å². The summed E-state index contributed by atoms with van der Waals surface area (Å²) in [6, 6.07) is 10.5. The van der Waals surface area contributed by atoms with Crippen molar-refractivity contribution in [3.8, 4) is 5.75 Å². The van der Waals surface area contributed by atoms with Crippen LogP contribution in [0.2, 0.25) is 0 Å². The molecule has 28 heavy (non-hydrogen) atoms. The van der Waals surface area contributed by atoms with Crippen molar-refractivity contribution < 1.29 is 27.1 Å². The molecule has 0 aliphatic heterocycles. The van der Waals surface area contributed by atoms with E-state index < -0.39 is 38.8 Å². The second-order valence-electron chi connectivity index (χ2n) is 6.28. The van der Waals surface area contributed by atoms with Crippen molar-refractivity contribution in [1.82, 2.24) is 10.9 Å². The minimum absolute atomic E-state index is 0.115. The Hall–Kier alpha value is -2.94. The molecule has 9 heteroatoms. The molecule has 0 bridgehead atoms. The third-order valence-electron chi connectivity index (χ3n) is 3.86. The standard InChI is InChI=1S/C19H21FN2O5S/c1-12(2)28(25,26)17-10-4-14(5-11-17)19(24)22-21-18(23)13(3)27-16-8-6-15(20)7-9-16/h4-13H,1-3H3,(H,21,23)(H,22,24). The molecule has 0 aliphatic rings. The predicted octanol–water partition coefficient (Wildman–Crippen LogP) is 2.24. The normalized spacial score (nSPS) is 12.3. The van der Waals surface area contributed by atoms with Crippen LogP contribution in [-0.4, -0.2) is 31.6 Å². The van der Waals surface area contributed by atoms with Gasteiger partial charge in [-0.25, -0.2) is 12.8 Å². The number of hydrogen-bond donors (Lipinski definition) is 2. The van der Waals surface area contributed by atoms with Crippen molar-refractivity contribution in [2.24, 2.45) is 0 Å². The van der Waals surface area contributed by atoms with Gasteiger partial charge in [-0.05, 0) is 69.3 Å². The molecule has 2 aromatic rings. The van der Waals surface area contributed by atoms with E-state index in [4.69, 9.17) is 4.74 Å². The van der Waals surface area contributed by atoms with Gasteiger partial charge >= 0.3 is 0 Å². The number of hydrogen-bond acceptors (Lipinski definition) is 5. The maximum absolute atomic E-state index is 12.9. The highest BCUT2D eigenvalue weighted by Crippen LogP contribution is 2.16. The SMILES string of the molecule is CC(Oc1ccc(F)cc1)C(=O)NNC(=O)c1ccc(S(=O)(=O)C(C)C)cc1. The van der Waals surface area contributed by atoms with Gasteiger partial charge in [-0.2, -0.15) is 0 Å². The number of benzene rings is 2. The Morgan fingerprint density at radius 1 is 0.929 bits per heavy atom. The number of ether oxygens (including phenoxy) is 1. The molecule has 0 aliphatic carbocycles. The van der Waals surface area contributed by atoms with Crippen LogP contribution in [0.25, 0.3) is 0 Å². The van der Waals surface area contributed by atoms with Crippen molar-refractivity contribution in [2.45, 2.75) is 37.0 Å². The number of carbonyl (C=O) groups excluding carboxylic acids is 2. The quantitative estimate of drug-likeness (QED) is 0.714. The van der Waals surface area contributed by atoms with E-state index in [1.165, 1.54) is 55.5 Å². The summed E-state index contributed by atoms with van der Waals surface area (Å²) in [5, 5.41) is -0.575. The average Bonchev–Trinajstić information content (AvgIpc) is 2.67. The highest BCUT2D eigenvalue weighted by Gasteiger charge is 2.20. The van der Waals surface area contributed by atoms with Gasteiger partial charge in [-0.15, -0.1) is 0 Å². The van der Waals surface area contributed by atoms with Crippen molar-refractivity contribution in [2.75, 3.05) is 0 Å². The lowest BCUT2D eigenvalue weighted by Crippen LogP contribution is -2.47. The largest absolute Gasteiger partial charge is 0.481 e. The zero-order valence-electron chi connectivity index (χ0n) is 15.6. The molecule has 150 valence electrons. The lowest BCUT2D eigenvalue weighted by atomic mass is 10.2. The summed E-state index contributed by atoms with van der Waals surface area (Å²) in [7, 11) is -3.43.